The highest BCUT2D eigenvalue weighted by atomic mass is 16.4. The third-order valence-electron chi connectivity index (χ3n) is 4.71. The average Bonchev–Trinajstić information content (AvgIpc) is 2.57. The lowest BCUT2D eigenvalue weighted by Crippen LogP contribution is -2.42. The van der Waals surface area contributed by atoms with E-state index in [1.165, 1.54) is 25.3 Å². The van der Waals surface area contributed by atoms with Crippen LogP contribution in [0.15, 0.2) is 18.2 Å². The molecule has 0 heterocycles. The van der Waals surface area contributed by atoms with E-state index >= 15 is 0 Å². The molecule has 1 atom stereocenters. The lowest BCUT2D eigenvalue weighted by Gasteiger charge is -2.22. The normalized spacial score (nSPS) is 16.1. The van der Waals surface area contributed by atoms with Crippen molar-refractivity contribution < 1.29 is 19.5 Å². The van der Waals surface area contributed by atoms with Crippen LogP contribution in [0.3, 0.4) is 0 Å². The van der Waals surface area contributed by atoms with Gasteiger partial charge in [0.15, 0.2) is 0 Å². The van der Waals surface area contributed by atoms with Gasteiger partial charge in [-0.2, -0.15) is 0 Å². The molecule has 6 heteroatoms. The highest BCUT2D eigenvalue weighted by Gasteiger charge is 2.21. The maximum atomic E-state index is 12.2. The van der Waals surface area contributed by atoms with Gasteiger partial charge in [0.05, 0.1) is 5.56 Å². The van der Waals surface area contributed by atoms with E-state index in [1.54, 1.807) is 26.0 Å². The summed E-state index contributed by atoms with van der Waals surface area (Å²) in [6, 6.07) is 4.04. The molecule has 1 aromatic rings. The summed E-state index contributed by atoms with van der Waals surface area (Å²) < 4.78 is 0. The van der Waals surface area contributed by atoms with Crippen molar-refractivity contribution in [3.63, 3.8) is 0 Å². The fraction of sp³-hybridized carbons (Fsp3) is 0.526. The van der Waals surface area contributed by atoms with E-state index in [1.807, 2.05) is 0 Å². The summed E-state index contributed by atoms with van der Waals surface area (Å²) in [7, 11) is 0. The summed E-state index contributed by atoms with van der Waals surface area (Å²) in [4.78, 5) is 35.5. The Hall–Kier alpha value is -2.37. The standard InChI is InChI=1S/C19H26N2O4/c1-12-8-9-15(11-16(12)19(24)25)21-18(23)13(2)20-17(22)10-14-6-4-3-5-7-14/h8-9,11,13-14H,3-7,10H2,1-2H3,(H,20,22)(H,21,23)(H,24,25). The smallest absolute Gasteiger partial charge is 0.336 e. The Morgan fingerprint density at radius 2 is 1.88 bits per heavy atom. The molecule has 0 aliphatic heterocycles. The van der Waals surface area contributed by atoms with Crippen LogP contribution < -0.4 is 10.6 Å². The molecule has 1 unspecified atom stereocenters. The Labute approximate surface area is 148 Å². The molecule has 0 spiro atoms. The quantitative estimate of drug-likeness (QED) is 0.737. The first-order valence-corrected chi connectivity index (χ1v) is 8.81. The first-order chi connectivity index (χ1) is 11.9. The van der Waals surface area contributed by atoms with Gasteiger partial charge in [0, 0.05) is 12.1 Å². The van der Waals surface area contributed by atoms with Gasteiger partial charge in [-0.15, -0.1) is 0 Å². The van der Waals surface area contributed by atoms with Gasteiger partial charge < -0.3 is 15.7 Å². The van der Waals surface area contributed by atoms with Crippen molar-refractivity contribution in [1.29, 1.82) is 0 Å². The number of rotatable bonds is 6. The molecule has 6 nitrogen and oxygen atoms in total. The van der Waals surface area contributed by atoms with Crippen molar-refractivity contribution in [2.45, 2.75) is 58.4 Å². The molecule has 3 N–H and O–H groups in total. The fourth-order valence-electron chi connectivity index (χ4n) is 3.20. The van der Waals surface area contributed by atoms with Gasteiger partial charge in [0.25, 0.3) is 0 Å². The van der Waals surface area contributed by atoms with Crippen molar-refractivity contribution in [2.24, 2.45) is 5.92 Å². The van der Waals surface area contributed by atoms with E-state index < -0.39 is 12.0 Å². The Bertz CT molecular complexity index is 651. The van der Waals surface area contributed by atoms with E-state index in [2.05, 4.69) is 10.6 Å². The van der Waals surface area contributed by atoms with Crippen molar-refractivity contribution in [3.05, 3.63) is 29.3 Å². The zero-order chi connectivity index (χ0) is 18.4. The average molecular weight is 346 g/mol. The van der Waals surface area contributed by atoms with Crippen LogP contribution >= 0.6 is 0 Å². The second-order valence-corrected chi connectivity index (χ2v) is 6.82. The van der Waals surface area contributed by atoms with Crippen LogP contribution in [0, 0.1) is 12.8 Å². The number of carbonyl (C=O) groups is 3. The van der Waals surface area contributed by atoms with E-state index in [-0.39, 0.29) is 17.4 Å². The molecule has 0 radical (unpaired) electrons. The van der Waals surface area contributed by atoms with Gasteiger partial charge >= 0.3 is 5.97 Å². The number of carboxylic acids is 1. The number of benzene rings is 1. The van der Waals surface area contributed by atoms with Crippen LogP contribution in [-0.2, 0) is 9.59 Å². The summed E-state index contributed by atoms with van der Waals surface area (Å²) in [6.07, 6.45) is 6.21. The van der Waals surface area contributed by atoms with Gasteiger partial charge in [-0.1, -0.05) is 25.3 Å². The maximum absolute atomic E-state index is 12.2. The largest absolute Gasteiger partial charge is 0.478 e. The summed E-state index contributed by atoms with van der Waals surface area (Å²) in [5, 5.41) is 14.5. The predicted molar refractivity (Wildman–Crippen MR) is 95.6 cm³/mol. The van der Waals surface area contributed by atoms with E-state index in [0.29, 0.717) is 23.6 Å². The molecule has 1 saturated carbocycles. The number of hydrogen-bond acceptors (Lipinski definition) is 3. The molecule has 1 aliphatic rings. The van der Waals surface area contributed by atoms with E-state index in [9.17, 15) is 14.4 Å². The van der Waals surface area contributed by atoms with E-state index in [0.717, 1.165) is 12.8 Å². The maximum Gasteiger partial charge on any atom is 0.336 e. The molecule has 0 aromatic heterocycles. The first-order valence-electron chi connectivity index (χ1n) is 8.81. The van der Waals surface area contributed by atoms with Crippen LogP contribution in [0.4, 0.5) is 5.69 Å². The Morgan fingerprint density at radius 3 is 2.52 bits per heavy atom. The highest BCUT2D eigenvalue weighted by molar-refractivity contribution is 5.98. The summed E-state index contributed by atoms with van der Waals surface area (Å²) in [6.45, 7) is 3.32. The lowest BCUT2D eigenvalue weighted by atomic mass is 9.87. The minimum absolute atomic E-state index is 0.107. The zero-order valence-corrected chi connectivity index (χ0v) is 14.8. The molecular formula is C19H26N2O4. The monoisotopic (exact) mass is 346 g/mol. The second-order valence-electron chi connectivity index (χ2n) is 6.82. The number of carbonyl (C=O) groups excluding carboxylic acids is 2. The zero-order valence-electron chi connectivity index (χ0n) is 14.8. The van der Waals surface area contributed by atoms with Gasteiger partial charge in [0.1, 0.15) is 6.04 Å². The number of carboxylic acid groups (broad SMARTS) is 1. The molecule has 1 aliphatic carbocycles. The van der Waals surface area contributed by atoms with Crippen molar-refractivity contribution in [2.75, 3.05) is 5.32 Å². The SMILES string of the molecule is Cc1ccc(NC(=O)C(C)NC(=O)CC2CCCCC2)cc1C(=O)O. The van der Waals surface area contributed by atoms with Crippen molar-refractivity contribution >= 4 is 23.5 Å². The molecule has 1 fully saturated rings. The predicted octanol–water partition coefficient (Wildman–Crippen LogP) is 3.11. The second kappa shape index (κ2) is 8.65. The van der Waals surface area contributed by atoms with E-state index in [4.69, 9.17) is 5.11 Å². The third kappa shape index (κ3) is 5.59. The summed E-state index contributed by atoms with van der Waals surface area (Å²) in [5.41, 5.74) is 1.17. The third-order valence-corrected chi connectivity index (χ3v) is 4.71. The number of aromatic carboxylic acids is 1. The van der Waals surface area contributed by atoms with Crippen molar-refractivity contribution in [3.8, 4) is 0 Å². The fourth-order valence-corrected chi connectivity index (χ4v) is 3.20. The number of aryl methyl sites for hydroxylation is 1. The Balaban J connectivity index is 1.88. The minimum atomic E-state index is -1.04. The highest BCUT2D eigenvalue weighted by Crippen LogP contribution is 2.26. The van der Waals surface area contributed by atoms with Crippen LogP contribution in [0.5, 0.6) is 0 Å². The molecular weight excluding hydrogens is 320 g/mol. The number of nitrogens with one attached hydrogen (secondary N) is 2. The Kier molecular flexibility index (Phi) is 6.56. The molecule has 0 saturated heterocycles. The molecule has 136 valence electrons. The van der Waals surface area contributed by atoms with Crippen LogP contribution in [-0.4, -0.2) is 28.9 Å². The van der Waals surface area contributed by atoms with Gasteiger partial charge in [-0.3, -0.25) is 9.59 Å². The summed E-state index contributed by atoms with van der Waals surface area (Å²) in [5.74, 6) is -1.09. The lowest BCUT2D eigenvalue weighted by molar-refractivity contribution is -0.126. The molecule has 2 amide bonds. The van der Waals surface area contributed by atoms with Crippen LogP contribution in [0.2, 0.25) is 0 Å². The van der Waals surface area contributed by atoms with Gasteiger partial charge in [0.2, 0.25) is 11.8 Å². The molecule has 1 aromatic carbocycles. The summed E-state index contributed by atoms with van der Waals surface area (Å²) >= 11 is 0. The minimum Gasteiger partial charge on any atom is -0.478 e. The Morgan fingerprint density at radius 1 is 1.20 bits per heavy atom. The topological polar surface area (TPSA) is 95.5 Å². The molecule has 25 heavy (non-hydrogen) atoms. The molecule has 0 bridgehead atoms. The molecule has 2 rings (SSSR count). The number of anilines is 1. The van der Waals surface area contributed by atoms with Gasteiger partial charge in [-0.05, 0) is 50.3 Å². The first kappa shape index (κ1) is 19.0. The number of hydrogen-bond donors (Lipinski definition) is 3. The van der Waals surface area contributed by atoms with Crippen LogP contribution in [0.1, 0.15) is 61.4 Å². The van der Waals surface area contributed by atoms with Gasteiger partial charge in [-0.25, -0.2) is 4.79 Å². The number of amides is 2. The van der Waals surface area contributed by atoms with Crippen LogP contribution in [0.25, 0.3) is 0 Å². The van der Waals surface area contributed by atoms with Crippen molar-refractivity contribution in [1.82, 2.24) is 5.32 Å².